The Morgan fingerprint density at radius 3 is 2.32 bits per heavy atom. The SMILES string of the molecule is CCCc1ccc(Oc2cc(Cl)c(Cl)cc2N)cc1. The normalized spacial score (nSPS) is 10.5. The van der Waals surface area contributed by atoms with Crippen LogP contribution in [0.2, 0.25) is 10.0 Å². The standard InChI is InChI=1S/C15H15Cl2NO/c1-2-3-10-4-6-11(7-5-10)19-15-9-13(17)12(16)8-14(15)18/h4-9H,2-3,18H2,1H3. The van der Waals surface area contributed by atoms with Crippen LogP contribution in [0.25, 0.3) is 0 Å². The van der Waals surface area contributed by atoms with Crippen LogP contribution in [-0.2, 0) is 6.42 Å². The van der Waals surface area contributed by atoms with Crippen molar-refractivity contribution in [2.75, 3.05) is 5.73 Å². The van der Waals surface area contributed by atoms with Gasteiger partial charge in [-0.3, -0.25) is 0 Å². The second kappa shape index (κ2) is 6.18. The van der Waals surface area contributed by atoms with Crippen molar-refractivity contribution < 1.29 is 4.74 Å². The number of hydrogen-bond acceptors (Lipinski definition) is 2. The summed E-state index contributed by atoms with van der Waals surface area (Å²) in [6, 6.07) is 11.2. The Hall–Kier alpha value is -1.38. The van der Waals surface area contributed by atoms with E-state index in [9.17, 15) is 0 Å². The molecule has 0 aromatic heterocycles. The van der Waals surface area contributed by atoms with E-state index < -0.39 is 0 Å². The predicted octanol–water partition coefficient (Wildman–Crippen LogP) is 5.32. The van der Waals surface area contributed by atoms with Gasteiger partial charge < -0.3 is 10.5 Å². The first kappa shape index (κ1) is 14.0. The first-order valence-electron chi connectivity index (χ1n) is 6.11. The molecule has 0 radical (unpaired) electrons. The molecule has 0 spiro atoms. The Bertz CT molecular complexity index is 567. The summed E-state index contributed by atoms with van der Waals surface area (Å²) in [5.41, 5.74) is 7.60. The molecule has 100 valence electrons. The number of benzene rings is 2. The Labute approximate surface area is 123 Å². The minimum absolute atomic E-state index is 0.421. The zero-order chi connectivity index (χ0) is 13.8. The van der Waals surface area contributed by atoms with Crippen LogP contribution in [-0.4, -0.2) is 0 Å². The number of nitrogens with two attached hydrogens (primary N) is 1. The van der Waals surface area contributed by atoms with Crippen LogP contribution in [0.5, 0.6) is 11.5 Å². The van der Waals surface area contributed by atoms with Gasteiger partial charge in [-0.15, -0.1) is 0 Å². The van der Waals surface area contributed by atoms with Gasteiger partial charge in [0.15, 0.2) is 5.75 Å². The Kier molecular flexibility index (Phi) is 4.56. The molecule has 2 rings (SSSR count). The van der Waals surface area contributed by atoms with E-state index in [1.165, 1.54) is 5.56 Å². The molecule has 0 unspecified atom stereocenters. The summed E-state index contributed by atoms with van der Waals surface area (Å²) in [6.07, 6.45) is 2.19. The Morgan fingerprint density at radius 1 is 1.05 bits per heavy atom. The zero-order valence-corrected chi connectivity index (χ0v) is 12.1. The maximum absolute atomic E-state index is 5.95. The first-order chi connectivity index (χ1) is 9.10. The fourth-order valence-corrected chi connectivity index (χ4v) is 2.10. The highest BCUT2D eigenvalue weighted by Gasteiger charge is 2.07. The summed E-state index contributed by atoms with van der Waals surface area (Å²) < 4.78 is 5.71. The van der Waals surface area contributed by atoms with Crippen molar-refractivity contribution >= 4 is 28.9 Å². The highest BCUT2D eigenvalue weighted by molar-refractivity contribution is 6.42. The van der Waals surface area contributed by atoms with Crippen molar-refractivity contribution in [3.63, 3.8) is 0 Å². The van der Waals surface area contributed by atoms with E-state index in [0.717, 1.165) is 18.6 Å². The largest absolute Gasteiger partial charge is 0.455 e. The van der Waals surface area contributed by atoms with Crippen LogP contribution in [0.15, 0.2) is 36.4 Å². The number of aryl methyl sites for hydroxylation is 1. The maximum Gasteiger partial charge on any atom is 0.151 e. The third-order valence-electron chi connectivity index (χ3n) is 2.74. The van der Waals surface area contributed by atoms with Gasteiger partial charge in [-0.05, 0) is 30.2 Å². The van der Waals surface area contributed by atoms with Crippen molar-refractivity contribution in [2.24, 2.45) is 0 Å². The summed E-state index contributed by atoms with van der Waals surface area (Å²) in [7, 11) is 0. The fourth-order valence-electron chi connectivity index (χ4n) is 1.77. The molecule has 0 aliphatic rings. The molecular formula is C15H15Cl2NO. The molecule has 0 atom stereocenters. The lowest BCUT2D eigenvalue weighted by Gasteiger charge is -2.10. The van der Waals surface area contributed by atoms with Crippen molar-refractivity contribution in [3.05, 3.63) is 52.0 Å². The van der Waals surface area contributed by atoms with Crippen LogP contribution in [0.4, 0.5) is 5.69 Å². The number of nitrogen functional groups attached to an aromatic ring is 1. The van der Waals surface area contributed by atoms with Gasteiger partial charge >= 0.3 is 0 Å². The number of ether oxygens (including phenoxy) is 1. The Balaban J connectivity index is 2.19. The maximum atomic E-state index is 5.95. The summed E-state index contributed by atoms with van der Waals surface area (Å²) in [5, 5.41) is 0.846. The molecular weight excluding hydrogens is 281 g/mol. The van der Waals surface area contributed by atoms with Crippen molar-refractivity contribution in [1.82, 2.24) is 0 Å². The number of rotatable bonds is 4. The molecule has 0 bridgehead atoms. The van der Waals surface area contributed by atoms with Gasteiger partial charge in [-0.25, -0.2) is 0 Å². The molecule has 0 amide bonds. The molecule has 4 heteroatoms. The zero-order valence-electron chi connectivity index (χ0n) is 10.6. The van der Waals surface area contributed by atoms with Crippen LogP contribution >= 0.6 is 23.2 Å². The van der Waals surface area contributed by atoms with Gasteiger partial charge in [0.2, 0.25) is 0 Å². The van der Waals surface area contributed by atoms with E-state index in [1.54, 1.807) is 12.1 Å². The minimum Gasteiger partial charge on any atom is -0.455 e. The van der Waals surface area contributed by atoms with E-state index in [1.807, 2.05) is 24.3 Å². The molecule has 0 aliphatic heterocycles. The molecule has 2 N–H and O–H groups in total. The third kappa shape index (κ3) is 3.55. The van der Waals surface area contributed by atoms with Gasteiger partial charge in [-0.2, -0.15) is 0 Å². The van der Waals surface area contributed by atoms with Crippen LogP contribution in [0.1, 0.15) is 18.9 Å². The molecule has 0 heterocycles. The molecule has 2 aromatic rings. The van der Waals surface area contributed by atoms with E-state index in [4.69, 9.17) is 33.7 Å². The molecule has 0 saturated heterocycles. The molecule has 0 aliphatic carbocycles. The lowest BCUT2D eigenvalue weighted by atomic mass is 10.1. The first-order valence-corrected chi connectivity index (χ1v) is 6.87. The quantitative estimate of drug-likeness (QED) is 0.775. The predicted molar refractivity (Wildman–Crippen MR) is 81.4 cm³/mol. The summed E-state index contributed by atoms with van der Waals surface area (Å²) >= 11 is 11.8. The van der Waals surface area contributed by atoms with Gasteiger partial charge in [-0.1, -0.05) is 48.7 Å². The number of hydrogen-bond donors (Lipinski definition) is 1. The topological polar surface area (TPSA) is 35.2 Å². The number of anilines is 1. The summed E-state index contributed by atoms with van der Waals surface area (Å²) in [4.78, 5) is 0. The Morgan fingerprint density at radius 2 is 1.68 bits per heavy atom. The molecule has 2 nitrogen and oxygen atoms in total. The smallest absolute Gasteiger partial charge is 0.151 e. The third-order valence-corrected chi connectivity index (χ3v) is 3.46. The monoisotopic (exact) mass is 295 g/mol. The second-order valence-corrected chi connectivity index (χ2v) is 5.11. The van der Waals surface area contributed by atoms with E-state index in [0.29, 0.717) is 21.5 Å². The average molecular weight is 296 g/mol. The number of halogens is 2. The molecule has 0 saturated carbocycles. The molecule has 2 aromatic carbocycles. The van der Waals surface area contributed by atoms with Gasteiger partial charge in [0.1, 0.15) is 5.75 Å². The lowest BCUT2D eigenvalue weighted by Crippen LogP contribution is -1.93. The van der Waals surface area contributed by atoms with Gasteiger partial charge in [0.05, 0.1) is 15.7 Å². The fraction of sp³-hybridized carbons (Fsp3) is 0.200. The summed E-state index contributed by atoms with van der Waals surface area (Å²) in [6.45, 7) is 2.15. The minimum atomic E-state index is 0.421. The van der Waals surface area contributed by atoms with Crippen molar-refractivity contribution in [2.45, 2.75) is 19.8 Å². The molecule has 0 fully saturated rings. The lowest BCUT2D eigenvalue weighted by molar-refractivity contribution is 0.485. The van der Waals surface area contributed by atoms with Crippen LogP contribution in [0.3, 0.4) is 0 Å². The highest BCUT2D eigenvalue weighted by atomic mass is 35.5. The van der Waals surface area contributed by atoms with E-state index in [-0.39, 0.29) is 0 Å². The summed E-state index contributed by atoms with van der Waals surface area (Å²) in [5.74, 6) is 1.24. The van der Waals surface area contributed by atoms with Crippen molar-refractivity contribution in [1.29, 1.82) is 0 Å². The highest BCUT2D eigenvalue weighted by Crippen LogP contribution is 2.35. The second-order valence-electron chi connectivity index (χ2n) is 4.30. The van der Waals surface area contributed by atoms with E-state index >= 15 is 0 Å². The van der Waals surface area contributed by atoms with Gasteiger partial charge in [0.25, 0.3) is 0 Å². The molecule has 19 heavy (non-hydrogen) atoms. The van der Waals surface area contributed by atoms with E-state index in [2.05, 4.69) is 6.92 Å². The van der Waals surface area contributed by atoms with Crippen molar-refractivity contribution in [3.8, 4) is 11.5 Å². The average Bonchev–Trinajstić information content (AvgIpc) is 2.38. The van der Waals surface area contributed by atoms with Crippen LogP contribution < -0.4 is 10.5 Å². The van der Waals surface area contributed by atoms with Gasteiger partial charge in [0, 0.05) is 6.07 Å². The van der Waals surface area contributed by atoms with Crippen LogP contribution in [0, 0.1) is 0 Å².